The van der Waals surface area contributed by atoms with Crippen molar-refractivity contribution in [3.63, 3.8) is 0 Å². The highest BCUT2D eigenvalue weighted by Gasteiger charge is 2.06. The molecular weight excluding hydrogens is 425 g/mol. The molecule has 0 saturated carbocycles. The summed E-state index contributed by atoms with van der Waals surface area (Å²) < 4.78 is 19.0. The third kappa shape index (κ3) is 14.1. The SMILES string of the molecule is C=C(C)S/C=C(\C)CO/C(CCNCC)=C(O)/C=C/C(N)=NC/C=C(Cl)\C(F)=C/C. The van der Waals surface area contributed by atoms with Gasteiger partial charge in [-0.1, -0.05) is 31.2 Å². The van der Waals surface area contributed by atoms with E-state index in [0.717, 1.165) is 17.0 Å². The van der Waals surface area contributed by atoms with Crippen LogP contribution >= 0.6 is 23.4 Å². The molecule has 0 rings (SSSR count). The number of aliphatic hydroxyl groups excluding tert-OH is 1. The Kier molecular flexibility index (Phi) is 15.7. The molecule has 0 saturated heterocycles. The topological polar surface area (TPSA) is 79.9 Å². The zero-order valence-corrected chi connectivity index (χ0v) is 19.7. The molecule has 0 aromatic carbocycles. The molecule has 0 bridgehead atoms. The summed E-state index contributed by atoms with van der Waals surface area (Å²) in [5.41, 5.74) is 6.82. The van der Waals surface area contributed by atoms with Crippen LogP contribution in [0.4, 0.5) is 4.39 Å². The van der Waals surface area contributed by atoms with Crippen molar-refractivity contribution >= 4 is 29.2 Å². The summed E-state index contributed by atoms with van der Waals surface area (Å²) >= 11 is 7.29. The van der Waals surface area contributed by atoms with Crippen LogP contribution < -0.4 is 11.1 Å². The largest absolute Gasteiger partial charge is 0.504 e. The minimum atomic E-state index is -0.518. The second kappa shape index (κ2) is 16.8. The van der Waals surface area contributed by atoms with Gasteiger partial charge in [-0.05, 0) is 61.4 Å². The third-order valence-electron chi connectivity index (χ3n) is 3.44. The normalized spacial score (nSPS) is 14.9. The molecule has 0 amide bonds. The predicted molar refractivity (Wildman–Crippen MR) is 129 cm³/mol. The zero-order chi connectivity index (χ0) is 22.9. The number of aliphatic hydroxyl groups is 1. The van der Waals surface area contributed by atoms with Crippen molar-refractivity contribution in [2.45, 2.75) is 34.1 Å². The predicted octanol–water partition coefficient (Wildman–Crippen LogP) is 5.85. The smallest absolute Gasteiger partial charge is 0.153 e. The van der Waals surface area contributed by atoms with Gasteiger partial charge < -0.3 is 20.9 Å². The molecule has 0 radical (unpaired) electrons. The first-order chi connectivity index (χ1) is 14.2. The Morgan fingerprint density at radius 3 is 2.67 bits per heavy atom. The highest BCUT2D eigenvalue weighted by molar-refractivity contribution is 8.05. The molecule has 0 aliphatic carbocycles. The number of hydrogen-bond donors (Lipinski definition) is 3. The summed E-state index contributed by atoms with van der Waals surface area (Å²) in [7, 11) is 0. The van der Waals surface area contributed by atoms with Gasteiger partial charge in [-0.15, -0.1) is 11.8 Å². The number of nitrogens with two attached hydrogens (primary N) is 1. The highest BCUT2D eigenvalue weighted by atomic mass is 35.5. The summed E-state index contributed by atoms with van der Waals surface area (Å²) in [6.07, 6.45) is 6.08. The number of thioether (sulfide) groups is 1. The molecule has 5 nitrogen and oxygen atoms in total. The Labute approximate surface area is 189 Å². The summed E-state index contributed by atoms with van der Waals surface area (Å²) in [6.45, 7) is 13.2. The lowest BCUT2D eigenvalue weighted by Crippen LogP contribution is -2.16. The first-order valence-electron chi connectivity index (χ1n) is 9.60. The van der Waals surface area contributed by atoms with Gasteiger partial charge in [0.15, 0.2) is 5.76 Å². The van der Waals surface area contributed by atoms with Gasteiger partial charge in [-0.25, -0.2) is 4.39 Å². The molecule has 0 aliphatic rings. The molecule has 0 aliphatic heterocycles. The maximum atomic E-state index is 13.2. The number of nitrogens with zero attached hydrogens (tertiary/aromatic N) is 1. The Balaban J connectivity index is 5.14. The minimum absolute atomic E-state index is 0.0203. The van der Waals surface area contributed by atoms with Crippen molar-refractivity contribution in [1.29, 1.82) is 0 Å². The summed E-state index contributed by atoms with van der Waals surface area (Å²) in [4.78, 5) is 5.04. The van der Waals surface area contributed by atoms with Gasteiger partial charge in [-0.2, -0.15) is 0 Å². The quantitative estimate of drug-likeness (QED) is 0.100. The zero-order valence-electron chi connectivity index (χ0n) is 18.2. The van der Waals surface area contributed by atoms with Crippen LogP contribution in [0.15, 0.2) is 74.1 Å². The van der Waals surface area contributed by atoms with E-state index < -0.39 is 5.83 Å². The summed E-state index contributed by atoms with van der Waals surface area (Å²) in [5, 5.41) is 15.6. The van der Waals surface area contributed by atoms with E-state index in [2.05, 4.69) is 16.9 Å². The lowest BCUT2D eigenvalue weighted by atomic mass is 10.2. The van der Waals surface area contributed by atoms with Gasteiger partial charge in [0.2, 0.25) is 0 Å². The first kappa shape index (κ1) is 28.0. The van der Waals surface area contributed by atoms with Crippen molar-refractivity contribution in [3.8, 4) is 0 Å². The minimum Gasteiger partial charge on any atom is -0.504 e. The number of nitrogens with one attached hydrogen (secondary N) is 1. The van der Waals surface area contributed by atoms with Crippen molar-refractivity contribution in [1.82, 2.24) is 5.32 Å². The second-order valence-corrected chi connectivity index (χ2v) is 7.85. The number of aliphatic imine (C=N–C) groups is 1. The highest BCUT2D eigenvalue weighted by Crippen LogP contribution is 2.18. The van der Waals surface area contributed by atoms with Crippen LogP contribution in [0, 0.1) is 0 Å². The molecule has 0 atom stereocenters. The van der Waals surface area contributed by atoms with Crippen LogP contribution in [0.1, 0.15) is 34.1 Å². The summed E-state index contributed by atoms with van der Waals surface area (Å²) in [5.74, 6) is 0.0734. The molecule has 0 aromatic heterocycles. The van der Waals surface area contributed by atoms with E-state index in [1.165, 1.54) is 36.1 Å². The molecule has 8 heteroatoms. The Morgan fingerprint density at radius 2 is 2.07 bits per heavy atom. The van der Waals surface area contributed by atoms with Crippen LogP contribution in [0.3, 0.4) is 0 Å². The van der Waals surface area contributed by atoms with Crippen LogP contribution in [0.25, 0.3) is 0 Å². The fourth-order valence-electron chi connectivity index (χ4n) is 1.87. The number of ether oxygens (including phenoxy) is 1. The average molecular weight is 458 g/mol. The van der Waals surface area contributed by atoms with Crippen LogP contribution in [0.2, 0.25) is 0 Å². The van der Waals surface area contributed by atoms with Gasteiger partial charge in [0, 0.05) is 13.0 Å². The van der Waals surface area contributed by atoms with Gasteiger partial charge in [-0.3, -0.25) is 4.99 Å². The third-order valence-corrected chi connectivity index (χ3v) is 4.70. The van der Waals surface area contributed by atoms with Gasteiger partial charge >= 0.3 is 0 Å². The van der Waals surface area contributed by atoms with E-state index >= 15 is 0 Å². The van der Waals surface area contributed by atoms with Gasteiger partial charge in [0.1, 0.15) is 24.0 Å². The monoisotopic (exact) mass is 457 g/mol. The van der Waals surface area contributed by atoms with E-state index in [-0.39, 0.29) is 23.2 Å². The van der Waals surface area contributed by atoms with Gasteiger partial charge in [0.25, 0.3) is 0 Å². The van der Waals surface area contributed by atoms with Crippen LogP contribution in [0.5, 0.6) is 0 Å². The Morgan fingerprint density at radius 1 is 1.37 bits per heavy atom. The van der Waals surface area contributed by atoms with Crippen molar-refractivity contribution < 1.29 is 14.2 Å². The number of hydrogen-bond acceptors (Lipinski definition) is 5. The maximum absolute atomic E-state index is 13.2. The fourth-order valence-corrected chi connectivity index (χ4v) is 2.51. The van der Waals surface area contributed by atoms with Crippen molar-refractivity contribution in [3.05, 3.63) is 69.1 Å². The number of allylic oxidation sites excluding steroid dienone is 5. The number of amidine groups is 1. The molecule has 0 spiro atoms. The molecular formula is C22H33ClFN3O2S. The number of halogens is 2. The van der Waals surface area contributed by atoms with Crippen molar-refractivity contribution in [2.75, 3.05) is 26.2 Å². The maximum Gasteiger partial charge on any atom is 0.153 e. The number of rotatable bonds is 14. The summed E-state index contributed by atoms with van der Waals surface area (Å²) in [6, 6.07) is 0. The van der Waals surface area contributed by atoms with E-state index in [1.807, 2.05) is 26.2 Å². The van der Waals surface area contributed by atoms with Gasteiger partial charge in [0.05, 0.1) is 11.6 Å². The lowest BCUT2D eigenvalue weighted by Gasteiger charge is -2.12. The Bertz CT molecular complexity index is 741. The van der Waals surface area contributed by atoms with E-state index in [1.54, 1.807) is 6.92 Å². The molecule has 0 fully saturated rings. The first-order valence-corrected chi connectivity index (χ1v) is 10.9. The molecule has 30 heavy (non-hydrogen) atoms. The molecule has 168 valence electrons. The lowest BCUT2D eigenvalue weighted by molar-refractivity contribution is 0.206. The molecule has 0 heterocycles. The fraction of sp³-hybridized carbons (Fsp3) is 0.409. The van der Waals surface area contributed by atoms with Crippen LogP contribution in [-0.2, 0) is 4.74 Å². The Hall–Kier alpha value is -1.96. The van der Waals surface area contributed by atoms with E-state index in [0.29, 0.717) is 25.3 Å². The standard InChI is InChI=1S/C22H33ClFN3O2S/c1-6-19(24)18(23)10-13-27-22(25)9-8-20(28)21(11-12-26-7-2)29-14-17(5)15-30-16(3)4/h6,8-10,15,26,28H,3,7,11-14H2,1-2,4-5H3,(H2,25,27)/b9-8+,17-15+,18-10+,19-6+,21-20-. The molecule has 4 N–H and O–H groups in total. The van der Waals surface area contributed by atoms with E-state index in [9.17, 15) is 9.50 Å². The molecule has 0 unspecified atom stereocenters. The average Bonchev–Trinajstić information content (AvgIpc) is 2.72. The van der Waals surface area contributed by atoms with E-state index in [4.69, 9.17) is 22.1 Å². The van der Waals surface area contributed by atoms with Crippen molar-refractivity contribution in [2.24, 2.45) is 10.7 Å². The molecule has 0 aromatic rings. The van der Waals surface area contributed by atoms with Crippen LogP contribution in [-0.4, -0.2) is 37.2 Å². The second-order valence-electron chi connectivity index (χ2n) is 6.27.